The molecule has 0 bridgehead atoms. The Kier molecular flexibility index (Phi) is 2.87. The molecule has 0 nitrogen and oxygen atoms in total. The molecule has 0 saturated heterocycles. The molecule has 1 unspecified atom stereocenters. The van der Waals surface area contributed by atoms with Crippen molar-refractivity contribution in [2.75, 3.05) is 0 Å². The Morgan fingerprint density at radius 1 is 1.00 bits per heavy atom. The van der Waals surface area contributed by atoms with Crippen molar-refractivity contribution in [3.8, 4) is 0 Å². The van der Waals surface area contributed by atoms with Gasteiger partial charge in [0.1, 0.15) is 0 Å². The number of benzene rings is 2. The van der Waals surface area contributed by atoms with Crippen LogP contribution in [0.1, 0.15) is 35.1 Å². The van der Waals surface area contributed by atoms with Gasteiger partial charge in [0.05, 0.1) is 0 Å². The molecule has 1 atom stereocenters. The summed E-state index contributed by atoms with van der Waals surface area (Å²) in [6, 6.07) is 15.3. The summed E-state index contributed by atoms with van der Waals surface area (Å²) in [5.41, 5.74) is 6.80. The Labute approximate surface area is 116 Å². The second kappa shape index (κ2) is 4.40. The fourth-order valence-electron chi connectivity index (χ4n) is 2.61. The minimum atomic E-state index is 0.472. The van der Waals surface area contributed by atoms with Gasteiger partial charge in [-0.15, -0.1) is 0 Å². The summed E-state index contributed by atoms with van der Waals surface area (Å²) in [5, 5.41) is 0. The maximum Gasteiger partial charge on any atom is 0.0250 e. The van der Waals surface area contributed by atoms with Gasteiger partial charge in [-0.25, -0.2) is 0 Å². The molecule has 0 aromatic heterocycles. The summed E-state index contributed by atoms with van der Waals surface area (Å²) in [5.74, 6) is 0.472. The van der Waals surface area contributed by atoms with E-state index in [0.29, 0.717) is 5.92 Å². The van der Waals surface area contributed by atoms with Gasteiger partial charge in [0.15, 0.2) is 0 Å². The van der Waals surface area contributed by atoms with Crippen molar-refractivity contribution >= 4 is 27.6 Å². The lowest BCUT2D eigenvalue weighted by molar-refractivity contribution is 1.01. The van der Waals surface area contributed by atoms with Crippen LogP contribution in [0.4, 0.5) is 0 Å². The van der Waals surface area contributed by atoms with Gasteiger partial charge in [0.25, 0.3) is 0 Å². The number of aryl methyl sites for hydroxylation is 1. The average molecular weight is 299 g/mol. The molecule has 1 heteroatoms. The predicted octanol–water partition coefficient (Wildman–Crippen LogP) is 5.42. The quantitative estimate of drug-likeness (QED) is 0.660. The van der Waals surface area contributed by atoms with E-state index in [4.69, 9.17) is 0 Å². The van der Waals surface area contributed by atoms with Gasteiger partial charge in [-0.1, -0.05) is 64.8 Å². The fourth-order valence-corrected chi connectivity index (χ4v) is 3.11. The summed E-state index contributed by atoms with van der Waals surface area (Å²) >= 11 is 3.64. The Morgan fingerprint density at radius 2 is 1.72 bits per heavy atom. The monoisotopic (exact) mass is 298 g/mol. The van der Waals surface area contributed by atoms with Crippen molar-refractivity contribution in [3.05, 3.63) is 69.2 Å². The molecule has 0 fully saturated rings. The number of fused-ring (bicyclic) bond motifs is 1. The summed E-state index contributed by atoms with van der Waals surface area (Å²) in [7, 11) is 0. The molecule has 0 radical (unpaired) electrons. The summed E-state index contributed by atoms with van der Waals surface area (Å²) < 4.78 is 1.19. The molecule has 2 aromatic rings. The van der Waals surface area contributed by atoms with Crippen molar-refractivity contribution in [1.82, 2.24) is 0 Å². The minimum Gasteiger partial charge on any atom is -0.0608 e. The minimum absolute atomic E-state index is 0.472. The van der Waals surface area contributed by atoms with E-state index in [-0.39, 0.29) is 0 Å². The largest absolute Gasteiger partial charge is 0.0608 e. The zero-order valence-electron chi connectivity index (χ0n) is 10.6. The van der Waals surface area contributed by atoms with Gasteiger partial charge in [0, 0.05) is 10.4 Å². The third-order valence-electron chi connectivity index (χ3n) is 3.70. The van der Waals surface area contributed by atoms with E-state index in [1.54, 1.807) is 0 Å². The second-order valence-corrected chi connectivity index (χ2v) is 5.78. The highest BCUT2D eigenvalue weighted by atomic mass is 79.9. The van der Waals surface area contributed by atoms with Crippen LogP contribution in [0, 0.1) is 6.92 Å². The van der Waals surface area contributed by atoms with Gasteiger partial charge >= 0.3 is 0 Å². The predicted molar refractivity (Wildman–Crippen MR) is 81.6 cm³/mol. The molecule has 90 valence electrons. The van der Waals surface area contributed by atoms with Crippen molar-refractivity contribution in [2.45, 2.75) is 19.8 Å². The lowest BCUT2D eigenvalue weighted by atomic mass is 9.93. The van der Waals surface area contributed by atoms with Gasteiger partial charge < -0.3 is 0 Å². The molecule has 3 rings (SSSR count). The zero-order chi connectivity index (χ0) is 12.7. The Morgan fingerprint density at radius 3 is 2.39 bits per heavy atom. The zero-order valence-corrected chi connectivity index (χ0v) is 12.2. The van der Waals surface area contributed by atoms with Crippen LogP contribution in [0.25, 0.3) is 11.6 Å². The molecule has 1 aliphatic rings. The van der Waals surface area contributed by atoms with Crippen molar-refractivity contribution in [3.63, 3.8) is 0 Å². The van der Waals surface area contributed by atoms with Crippen molar-refractivity contribution < 1.29 is 0 Å². The molecule has 0 heterocycles. The van der Waals surface area contributed by atoms with Crippen molar-refractivity contribution in [2.24, 2.45) is 0 Å². The van der Waals surface area contributed by atoms with Crippen LogP contribution in [0.5, 0.6) is 0 Å². The van der Waals surface area contributed by atoms with Crippen LogP contribution >= 0.6 is 15.9 Å². The molecule has 0 spiro atoms. The van der Waals surface area contributed by atoms with E-state index >= 15 is 0 Å². The first-order valence-electron chi connectivity index (χ1n) is 6.24. The number of allylic oxidation sites excluding steroid dienone is 1. The van der Waals surface area contributed by atoms with Gasteiger partial charge in [-0.3, -0.25) is 0 Å². The lowest BCUT2D eigenvalue weighted by Gasteiger charge is -2.11. The first kappa shape index (κ1) is 11.7. The van der Waals surface area contributed by atoms with Crippen LogP contribution in [0.15, 0.2) is 46.9 Å². The van der Waals surface area contributed by atoms with Gasteiger partial charge in [-0.2, -0.15) is 0 Å². The smallest absolute Gasteiger partial charge is 0.0250 e. The molecule has 18 heavy (non-hydrogen) atoms. The Balaban J connectivity index is 2.09. The van der Waals surface area contributed by atoms with E-state index in [1.165, 1.54) is 32.3 Å². The van der Waals surface area contributed by atoms with Gasteiger partial charge in [0.2, 0.25) is 0 Å². The summed E-state index contributed by atoms with van der Waals surface area (Å²) in [6.07, 6.45) is 2.31. The van der Waals surface area contributed by atoms with E-state index < -0.39 is 0 Å². The molecule has 0 aliphatic heterocycles. The van der Waals surface area contributed by atoms with Gasteiger partial charge in [-0.05, 0) is 41.3 Å². The molecular weight excluding hydrogens is 284 g/mol. The third-order valence-corrected chi connectivity index (χ3v) is 4.40. The number of hydrogen-bond donors (Lipinski definition) is 0. The van der Waals surface area contributed by atoms with Crippen molar-refractivity contribution in [1.29, 1.82) is 0 Å². The lowest BCUT2D eigenvalue weighted by Crippen LogP contribution is -1.93. The Bertz CT molecular complexity index is 621. The van der Waals surface area contributed by atoms with E-state index in [9.17, 15) is 0 Å². The van der Waals surface area contributed by atoms with E-state index in [1.807, 2.05) is 0 Å². The third kappa shape index (κ3) is 1.83. The SMILES string of the molecule is Cc1ccc(C2=Cc3c(Br)cccc3C2C)cc1. The molecule has 0 saturated carbocycles. The van der Waals surface area contributed by atoms with Crippen LogP contribution in [0.3, 0.4) is 0 Å². The van der Waals surface area contributed by atoms with E-state index in [0.717, 1.165) is 0 Å². The van der Waals surface area contributed by atoms with Crippen LogP contribution in [-0.2, 0) is 0 Å². The normalized spacial score (nSPS) is 17.5. The molecule has 1 aliphatic carbocycles. The molecule has 0 amide bonds. The first-order valence-corrected chi connectivity index (χ1v) is 7.03. The number of hydrogen-bond acceptors (Lipinski definition) is 0. The maximum atomic E-state index is 3.64. The fraction of sp³-hybridized carbons (Fsp3) is 0.176. The van der Waals surface area contributed by atoms with Crippen LogP contribution < -0.4 is 0 Å². The van der Waals surface area contributed by atoms with E-state index in [2.05, 4.69) is 78.3 Å². The molecular formula is C17H15Br. The topological polar surface area (TPSA) is 0 Å². The highest BCUT2D eigenvalue weighted by Gasteiger charge is 2.23. The maximum absolute atomic E-state index is 3.64. The summed E-state index contributed by atoms with van der Waals surface area (Å²) in [4.78, 5) is 0. The standard InChI is InChI=1S/C17H15Br/c1-11-6-8-13(9-7-11)15-10-16-14(12(15)2)4-3-5-17(16)18/h3-10,12H,1-2H3. The summed E-state index contributed by atoms with van der Waals surface area (Å²) in [6.45, 7) is 4.41. The average Bonchev–Trinajstić information content (AvgIpc) is 2.70. The highest BCUT2D eigenvalue weighted by molar-refractivity contribution is 9.10. The number of halogens is 1. The van der Waals surface area contributed by atoms with Crippen LogP contribution in [0.2, 0.25) is 0 Å². The Hall–Kier alpha value is -1.34. The molecule has 0 N–H and O–H groups in total. The van der Waals surface area contributed by atoms with Crippen LogP contribution in [-0.4, -0.2) is 0 Å². The molecule has 2 aromatic carbocycles. The highest BCUT2D eigenvalue weighted by Crippen LogP contribution is 2.43. The number of rotatable bonds is 1. The second-order valence-electron chi connectivity index (χ2n) is 4.93. The first-order chi connectivity index (χ1) is 8.66.